The van der Waals surface area contributed by atoms with Gasteiger partial charge in [0.1, 0.15) is 0 Å². The minimum atomic E-state index is 0. The van der Waals surface area contributed by atoms with Crippen molar-refractivity contribution in [3.63, 3.8) is 0 Å². The van der Waals surface area contributed by atoms with Crippen LogP contribution in [0.15, 0.2) is 24.3 Å². The molecule has 0 fully saturated rings. The first-order valence-corrected chi connectivity index (χ1v) is 7.70. The fourth-order valence-electron chi connectivity index (χ4n) is 2.92. The van der Waals surface area contributed by atoms with Crippen molar-refractivity contribution >= 4 is 10.8 Å². The van der Waals surface area contributed by atoms with Crippen LogP contribution in [-0.2, 0) is 5.41 Å². The Balaban J connectivity index is 0.00000220. The van der Waals surface area contributed by atoms with Crippen molar-refractivity contribution in [1.29, 1.82) is 0 Å². The van der Waals surface area contributed by atoms with E-state index >= 15 is 0 Å². The molecule has 2 aromatic carbocycles. The van der Waals surface area contributed by atoms with E-state index in [0.29, 0.717) is 11.8 Å². The van der Waals surface area contributed by atoms with Gasteiger partial charge in [0.05, 0.1) is 0 Å². The summed E-state index contributed by atoms with van der Waals surface area (Å²) in [7, 11) is 0. The van der Waals surface area contributed by atoms with Crippen molar-refractivity contribution < 1.29 is 51.4 Å². The molecule has 2 rings (SSSR count). The van der Waals surface area contributed by atoms with E-state index in [0.717, 1.165) is 0 Å². The maximum atomic E-state index is 3.33. The van der Waals surface area contributed by atoms with Crippen molar-refractivity contribution in [2.24, 2.45) is 0 Å². The molecule has 0 nitrogen and oxygen atoms in total. The van der Waals surface area contributed by atoms with Crippen LogP contribution >= 0.6 is 0 Å². The van der Waals surface area contributed by atoms with Crippen LogP contribution < -0.4 is 51.4 Å². The summed E-state index contributed by atoms with van der Waals surface area (Å²) in [5.41, 5.74) is 4.52. The van der Waals surface area contributed by atoms with E-state index in [1.807, 2.05) is 0 Å². The SMILES string of the molecule is CC(C)c1cc2c[c-]cc(C(C)(C)C)c2cc1C(C)C.[K+]. The molecule has 0 bridgehead atoms. The molecule has 0 atom stereocenters. The van der Waals surface area contributed by atoms with Crippen LogP contribution in [0.3, 0.4) is 0 Å². The predicted molar refractivity (Wildman–Crippen MR) is 89.7 cm³/mol. The van der Waals surface area contributed by atoms with Gasteiger partial charge in [-0.15, -0.1) is 22.4 Å². The van der Waals surface area contributed by atoms with Crippen molar-refractivity contribution in [1.82, 2.24) is 0 Å². The zero-order chi connectivity index (χ0) is 15.1. The monoisotopic (exact) mass is 306 g/mol. The minimum absolute atomic E-state index is 0. The number of rotatable bonds is 2. The maximum absolute atomic E-state index is 3.33. The van der Waals surface area contributed by atoms with Gasteiger partial charge in [0.25, 0.3) is 0 Å². The van der Waals surface area contributed by atoms with E-state index < -0.39 is 0 Å². The molecule has 0 aliphatic carbocycles. The Hall–Kier alpha value is 0.336. The topological polar surface area (TPSA) is 0 Å². The zero-order valence-corrected chi connectivity index (χ0v) is 18.1. The quantitative estimate of drug-likeness (QED) is 0.590. The fraction of sp³-hybridized carbons (Fsp3) is 0.500. The van der Waals surface area contributed by atoms with Crippen molar-refractivity contribution in [3.8, 4) is 0 Å². The number of benzene rings is 2. The molecule has 0 N–H and O–H groups in total. The Morgan fingerprint density at radius 1 is 0.857 bits per heavy atom. The summed E-state index contributed by atoms with van der Waals surface area (Å²) in [6.45, 7) is 16.0. The minimum Gasteiger partial charge on any atom is -0.183 e. The summed E-state index contributed by atoms with van der Waals surface area (Å²) in [4.78, 5) is 0. The summed E-state index contributed by atoms with van der Waals surface area (Å²) in [5.74, 6) is 1.13. The summed E-state index contributed by atoms with van der Waals surface area (Å²) < 4.78 is 0. The summed E-state index contributed by atoms with van der Waals surface area (Å²) in [6.07, 6.45) is 0. The van der Waals surface area contributed by atoms with E-state index in [2.05, 4.69) is 78.8 Å². The van der Waals surface area contributed by atoms with Gasteiger partial charge >= 0.3 is 51.4 Å². The average molecular weight is 307 g/mol. The van der Waals surface area contributed by atoms with Crippen molar-refractivity contribution in [2.75, 3.05) is 0 Å². The molecule has 1 heteroatoms. The van der Waals surface area contributed by atoms with Crippen LogP contribution in [0.1, 0.15) is 77.0 Å². The van der Waals surface area contributed by atoms with Gasteiger partial charge in [-0.05, 0) is 17.4 Å². The number of fused-ring (bicyclic) bond motifs is 1. The Morgan fingerprint density at radius 2 is 1.38 bits per heavy atom. The van der Waals surface area contributed by atoms with E-state index in [9.17, 15) is 0 Å². The molecule has 0 saturated carbocycles. The van der Waals surface area contributed by atoms with Gasteiger partial charge in [0.15, 0.2) is 0 Å². The second kappa shape index (κ2) is 7.27. The van der Waals surface area contributed by atoms with E-state index in [1.54, 1.807) is 0 Å². The summed E-state index contributed by atoms with van der Waals surface area (Å²) in [6, 6.07) is 12.4. The molecule has 0 radical (unpaired) electrons. The molecular weight excluding hydrogens is 279 g/mol. The van der Waals surface area contributed by atoms with Crippen LogP contribution in [0.5, 0.6) is 0 Å². The van der Waals surface area contributed by atoms with Gasteiger partial charge in [-0.3, -0.25) is 0 Å². The predicted octanol–water partition coefficient (Wildman–Crippen LogP) is 3.19. The molecule has 2 aromatic rings. The standard InChI is InChI=1S/C20H27.K/c1-13(2)16-11-15-9-8-10-19(20(5,6)7)18(15)12-17(16)14(3)4;/h9-14H,1-7H3;/q-1;+1. The fourth-order valence-corrected chi connectivity index (χ4v) is 2.92. The largest absolute Gasteiger partial charge is 1.00 e. The number of hydrogen-bond donors (Lipinski definition) is 0. The van der Waals surface area contributed by atoms with Crippen LogP contribution in [-0.4, -0.2) is 0 Å². The van der Waals surface area contributed by atoms with E-state index in [4.69, 9.17) is 0 Å². The first-order valence-electron chi connectivity index (χ1n) is 7.70. The van der Waals surface area contributed by atoms with Gasteiger partial charge in [-0.2, -0.15) is 18.2 Å². The second-order valence-corrected chi connectivity index (χ2v) is 7.50. The Labute approximate surface area is 173 Å². The smallest absolute Gasteiger partial charge is 0.183 e. The van der Waals surface area contributed by atoms with E-state index in [1.165, 1.54) is 27.5 Å². The molecule has 21 heavy (non-hydrogen) atoms. The molecule has 0 heterocycles. The van der Waals surface area contributed by atoms with E-state index in [-0.39, 0.29) is 56.8 Å². The normalized spacial score (nSPS) is 12.0. The van der Waals surface area contributed by atoms with Crippen LogP contribution in [0, 0.1) is 6.07 Å². The number of hydrogen-bond acceptors (Lipinski definition) is 0. The van der Waals surface area contributed by atoms with Crippen LogP contribution in [0.25, 0.3) is 10.8 Å². The summed E-state index contributed by atoms with van der Waals surface area (Å²) >= 11 is 0. The van der Waals surface area contributed by atoms with Crippen LogP contribution in [0.4, 0.5) is 0 Å². The first-order chi connectivity index (χ1) is 9.21. The first kappa shape index (κ1) is 19.4. The zero-order valence-electron chi connectivity index (χ0n) is 15.0. The molecule has 0 spiro atoms. The molecule has 0 unspecified atom stereocenters. The third kappa shape index (κ3) is 4.20. The van der Waals surface area contributed by atoms with Gasteiger partial charge in [-0.1, -0.05) is 65.5 Å². The molecule has 0 saturated heterocycles. The molecule has 108 valence electrons. The molecule has 0 amide bonds. The van der Waals surface area contributed by atoms with Crippen LogP contribution in [0.2, 0.25) is 0 Å². The molecule has 0 aromatic heterocycles. The summed E-state index contributed by atoms with van der Waals surface area (Å²) in [5, 5.41) is 2.72. The van der Waals surface area contributed by atoms with Gasteiger partial charge in [0, 0.05) is 0 Å². The third-order valence-corrected chi connectivity index (χ3v) is 4.06. The van der Waals surface area contributed by atoms with Gasteiger partial charge < -0.3 is 0 Å². The molecular formula is C20H27K. The van der Waals surface area contributed by atoms with Crippen molar-refractivity contribution in [3.05, 3.63) is 47.0 Å². The van der Waals surface area contributed by atoms with Gasteiger partial charge in [0.2, 0.25) is 0 Å². The van der Waals surface area contributed by atoms with Crippen molar-refractivity contribution in [2.45, 2.75) is 65.7 Å². The maximum Gasteiger partial charge on any atom is 1.00 e. The van der Waals surface area contributed by atoms with Gasteiger partial charge in [-0.25, -0.2) is 0 Å². The Morgan fingerprint density at radius 3 is 1.86 bits per heavy atom. The Bertz CT molecular complexity index is 616. The molecule has 0 aliphatic heterocycles. The average Bonchev–Trinajstić information content (AvgIpc) is 2.34. The second-order valence-electron chi connectivity index (χ2n) is 7.50. The third-order valence-electron chi connectivity index (χ3n) is 4.06. The Kier molecular flexibility index (Phi) is 6.71. The molecule has 0 aliphatic rings.